The molecule has 94 valence electrons. The predicted octanol–water partition coefficient (Wildman–Crippen LogP) is 2.82. The first-order chi connectivity index (χ1) is 8.01. The minimum absolute atomic E-state index is 0.0396. The fraction of sp³-hybridized carbons (Fsp3) is 0.417. The van der Waals surface area contributed by atoms with Crippen molar-refractivity contribution in [3.8, 4) is 5.75 Å². The van der Waals surface area contributed by atoms with Gasteiger partial charge in [-0.15, -0.1) is 0 Å². The van der Waals surface area contributed by atoms with E-state index in [2.05, 4.69) is 21.2 Å². The Balaban J connectivity index is 2.61. The van der Waals surface area contributed by atoms with Crippen molar-refractivity contribution in [3.63, 3.8) is 0 Å². The number of rotatable bonds is 5. The Kier molecular flexibility index (Phi) is 5.44. The van der Waals surface area contributed by atoms with Crippen LogP contribution in [0.1, 0.15) is 13.8 Å². The van der Waals surface area contributed by atoms with E-state index in [-0.39, 0.29) is 18.6 Å². The van der Waals surface area contributed by atoms with Gasteiger partial charge in [0.05, 0.1) is 13.2 Å². The zero-order valence-corrected chi connectivity index (χ0v) is 11.7. The second-order valence-electron chi connectivity index (χ2n) is 3.79. The van der Waals surface area contributed by atoms with Crippen LogP contribution in [0.3, 0.4) is 0 Å². The Morgan fingerprint density at radius 1 is 1.41 bits per heavy atom. The van der Waals surface area contributed by atoms with Crippen LogP contribution in [0, 0.1) is 0 Å². The maximum absolute atomic E-state index is 11.5. The summed E-state index contributed by atoms with van der Waals surface area (Å²) in [4.78, 5) is 11.5. The molecule has 5 heteroatoms. The summed E-state index contributed by atoms with van der Waals surface area (Å²) in [6.45, 7) is 3.82. The van der Waals surface area contributed by atoms with E-state index in [0.29, 0.717) is 11.4 Å². The number of anilines is 1. The van der Waals surface area contributed by atoms with Gasteiger partial charge in [-0.2, -0.15) is 0 Å². The van der Waals surface area contributed by atoms with Gasteiger partial charge in [0.2, 0.25) is 5.91 Å². The number of carbonyl (C=O) groups is 1. The summed E-state index contributed by atoms with van der Waals surface area (Å²) in [5.74, 6) is 0.498. The topological polar surface area (TPSA) is 47.6 Å². The lowest BCUT2D eigenvalue weighted by Gasteiger charge is -2.10. The average molecular weight is 302 g/mol. The molecule has 0 unspecified atom stereocenters. The average Bonchev–Trinajstić information content (AvgIpc) is 2.25. The molecule has 0 radical (unpaired) electrons. The molecule has 4 nitrogen and oxygen atoms in total. The highest BCUT2D eigenvalue weighted by Crippen LogP contribution is 2.24. The zero-order chi connectivity index (χ0) is 12.8. The Bertz CT molecular complexity index is 393. The number of nitrogens with one attached hydrogen (secondary N) is 1. The fourth-order valence-electron chi connectivity index (χ4n) is 1.19. The summed E-state index contributed by atoms with van der Waals surface area (Å²) in [7, 11) is 1.58. The molecule has 0 aliphatic carbocycles. The molecular weight excluding hydrogens is 286 g/mol. The van der Waals surface area contributed by atoms with Crippen LogP contribution in [0.15, 0.2) is 22.7 Å². The standard InChI is InChI=1S/C12H16BrNO3/c1-8(2)17-7-12(15)14-10-4-9(13)5-11(6-10)16-3/h4-6,8H,7H2,1-3H3,(H,14,15). The van der Waals surface area contributed by atoms with E-state index in [4.69, 9.17) is 9.47 Å². The van der Waals surface area contributed by atoms with Gasteiger partial charge in [-0.25, -0.2) is 0 Å². The highest BCUT2D eigenvalue weighted by Gasteiger charge is 2.06. The third-order valence-electron chi connectivity index (χ3n) is 1.94. The van der Waals surface area contributed by atoms with Gasteiger partial charge < -0.3 is 14.8 Å². The second kappa shape index (κ2) is 6.61. The fourth-order valence-corrected chi connectivity index (χ4v) is 1.66. The molecule has 0 aliphatic heterocycles. The van der Waals surface area contributed by atoms with Crippen molar-refractivity contribution >= 4 is 27.5 Å². The van der Waals surface area contributed by atoms with Gasteiger partial charge in [-0.3, -0.25) is 4.79 Å². The minimum Gasteiger partial charge on any atom is -0.497 e. The van der Waals surface area contributed by atoms with Crippen LogP contribution < -0.4 is 10.1 Å². The van der Waals surface area contributed by atoms with E-state index < -0.39 is 0 Å². The van der Waals surface area contributed by atoms with Crippen LogP contribution in [-0.4, -0.2) is 25.7 Å². The molecule has 0 aromatic heterocycles. The molecule has 17 heavy (non-hydrogen) atoms. The van der Waals surface area contributed by atoms with Crippen molar-refractivity contribution in [2.75, 3.05) is 19.0 Å². The molecule has 1 amide bonds. The Morgan fingerprint density at radius 2 is 2.12 bits per heavy atom. The van der Waals surface area contributed by atoms with Crippen molar-refractivity contribution < 1.29 is 14.3 Å². The van der Waals surface area contributed by atoms with Gasteiger partial charge in [0.25, 0.3) is 0 Å². The minimum atomic E-state index is -0.182. The summed E-state index contributed by atoms with van der Waals surface area (Å²) >= 11 is 3.34. The maximum atomic E-state index is 11.5. The number of carbonyl (C=O) groups excluding carboxylic acids is 1. The summed E-state index contributed by atoms with van der Waals surface area (Å²) in [6, 6.07) is 5.37. The molecule has 1 aromatic carbocycles. The van der Waals surface area contributed by atoms with Gasteiger partial charge in [0.15, 0.2) is 0 Å². The number of halogens is 1. The quantitative estimate of drug-likeness (QED) is 0.910. The van der Waals surface area contributed by atoms with Gasteiger partial charge in [-0.1, -0.05) is 15.9 Å². The van der Waals surface area contributed by atoms with Crippen molar-refractivity contribution in [2.24, 2.45) is 0 Å². The number of hydrogen-bond acceptors (Lipinski definition) is 3. The lowest BCUT2D eigenvalue weighted by Crippen LogP contribution is -2.20. The largest absolute Gasteiger partial charge is 0.497 e. The molecule has 0 saturated carbocycles. The predicted molar refractivity (Wildman–Crippen MR) is 70.4 cm³/mol. The monoisotopic (exact) mass is 301 g/mol. The van der Waals surface area contributed by atoms with Crippen molar-refractivity contribution in [2.45, 2.75) is 20.0 Å². The Hall–Kier alpha value is -1.07. The smallest absolute Gasteiger partial charge is 0.250 e. The summed E-state index contributed by atoms with van der Waals surface area (Å²) in [6.07, 6.45) is 0.0396. The van der Waals surface area contributed by atoms with Gasteiger partial charge >= 0.3 is 0 Å². The van der Waals surface area contributed by atoms with Crippen LogP contribution in [0.2, 0.25) is 0 Å². The van der Waals surface area contributed by atoms with Crippen molar-refractivity contribution in [1.82, 2.24) is 0 Å². The van der Waals surface area contributed by atoms with Gasteiger partial charge in [-0.05, 0) is 26.0 Å². The number of hydrogen-bond donors (Lipinski definition) is 1. The SMILES string of the molecule is COc1cc(Br)cc(NC(=O)COC(C)C)c1. The first kappa shape index (κ1) is 14.0. The van der Waals surface area contributed by atoms with Crippen LogP contribution in [0.5, 0.6) is 5.75 Å². The Morgan fingerprint density at radius 3 is 2.71 bits per heavy atom. The van der Waals surface area contributed by atoms with Gasteiger partial charge in [0.1, 0.15) is 12.4 Å². The number of methoxy groups -OCH3 is 1. The van der Waals surface area contributed by atoms with E-state index in [9.17, 15) is 4.79 Å². The highest BCUT2D eigenvalue weighted by molar-refractivity contribution is 9.10. The first-order valence-electron chi connectivity index (χ1n) is 5.27. The Labute approximate surface area is 109 Å². The van der Waals surface area contributed by atoms with E-state index >= 15 is 0 Å². The highest BCUT2D eigenvalue weighted by atomic mass is 79.9. The number of ether oxygens (including phenoxy) is 2. The molecular formula is C12H16BrNO3. The van der Waals surface area contributed by atoms with Crippen LogP contribution in [0.4, 0.5) is 5.69 Å². The molecule has 0 fully saturated rings. The van der Waals surface area contributed by atoms with Crippen LogP contribution in [0.25, 0.3) is 0 Å². The summed E-state index contributed by atoms with van der Waals surface area (Å²) in [5, 5.41) is 2.74. The number of benzene rings is 1. The van der Waals surface area contributed by atoms with Crippen LogP contribution in [-0.2, 0) is 9.53 Å². The van der Waals surface area contributed by atoms with E-state index in [1.165, 1.54) is 0 Å². The lowest BCUT2D eigenvalue weighted by atomic mass is 10.3. The molecule has 0 spiro atoms. The van der Waals surface area contributed by atoms with Crippen molar-refractivity contribution in [3.05, 3.63) is 22.7 Å². The first-order valence-corrected chi connectivity index (χ1v) is 6.06. The summed E-state index contributed by atoms with van der Waals surface area (Å²) < 4.78 is 11.2. The molecule has 1 N–H and O–H groups in total. The molecule has 0 heterocycles. The van der Waals surface area contributed by atoms with Crippen LogP contribution >= 0.6 is 15.9 Å². The maximum Gasteiger partial charge on any atom is 0.250 e. The van der Waals surface area contributed by atoms with E-state index in [1.54, 1.807) is 19.2 Å². The lowest BCUT2D eigenvalue weighted by molar-refractivity contribution is -0.121. The second-order valence-corrected chi connectivity index (χ2v) is 4.70. The molecule has 0 bridgehead atoms. The van der Waals surface area contributed by atoms with E-state index in [0.717, 1.165) is 4.47 Å². The summed E-state index contributed by atoms with van der Waals surface area (Å²) in [5.41, 5.74) is 0.675. The van der Waals surface area contributed by atoms with Crippen molar-refractivity contribution in [1.29, 1.82) is 0 Å². The number of amides is 1. The molecule has 0 saturated heterocycles. The molecule has 1 aromatic rings. The zero-order valence-electron chi connectivity index (χ0n) is 10.1. The van der Waals surface area contributed by atoms with E-state index in [1.807, 2.05) is 19.9 Å². The normalized spacial score (nSPS) is 10.4. The molecule has 1 rings (SSSR count). The molecule has 0 aliphatic rings. The third kappa shape index (κ3) is 5.19. The van der Waals surface area contributed by atoms with Gasteiger partial charge in [0, 0.05) is 16.2 Å². The molecule has 0 atom stereocenters. The third-order valence-corrected chi connectivity index (χ3v) is 2.40.